The minimum absolute atomic E-state index is 0.0741. The number of hydrogen-bond donors (Lipinski definition) is 1. The van der Waals surface area contributed by atoms with Crippen LogP contribution in [0, 0.1) is 0 Å². The predicted molar refractivity (Wildman–Crippen MR) is 122 cm³/mol. The van der Waals surface area contributed by atoms with Gasteiger partial charge in [-0.2, -0.15) is 13.2 Å². The second kappa shape index (κ2) is 10.1. The quantitative estimate of drug-likeness (QED) is 0.249. The summed E-state index contributed by atoms with van der Waals surface area (Å²) < 4.78 is 82.0. The zero-order valence-electron chi connectivity index (χ0n) is 17.9. The van der Waals surface area contributed by atoms with Crippen LogP contribution in [0.3, 0.4) is 0 Å². The highest BCUT2D eigenvalue weighted by atomic mass is 32.2. The van der Waals surface area contributed by atoms with Crippen LogP contribution in [0.4, 0.5) is 32.0 Å². The number of halogens is 6. The van der Waals surface area contributed by atoms with Gasteiger partial charge in [-0.05, 0) is 36.4 Å². The van der Waals surface area contributed by atoms with Gasteiger partial charge in [0.05, 0.1) is 33.3 Å². The van der Waals surface area contributed by atoms with Gasteiger partial charge in [0.25, 0.3) is 5.56 Å². The zero-order valence-corrected chi connectivity index (χ0v) is 19.6. The second-order valence-electron chi connectivity index (χ2n) is 7.33. The van der Waals surface area contributed by atoms with Crippen LogP contribution in [0.15, 0.2) is 63.4 Å². The number of thioether (sulfide) groups is 2. The molecular formula is C22H15F6N3O3S2. The molecule has 0 atom stereocenters. The van der Waals surface area contributed by atoms with Crippen molar-refractivity contribution in [3.05, 3.63) is 70.1 Å². The molecule has 190 valence electrons. The lowest BCUT2D eigenvalue weighted by Crippen LogP contribution is -2.25. The standard InChI is InChI=1S/C22H15F6N3O3S2/c23-21(24,25)14-3-1-2-4-15(14)29-17(32)11-36-20-30-16-9-10-35-18(16)19(33)31(20)12-5-7-13(8-6-12)34-22(26,27)28/h1-8H,9-11H2,(H,29,32). The third kappa shape index (κ3) is 5.98. The number of hydrogen-bond acceptors (Lipinski definition) is 6. The van der Waals surface area contributed by atoms with E-state index in [1.165, 1.54) is 36.0 Å². The molecule has 0 bridgehead atoms. The molecule has 0 radical (unpaired) electrons. The highest BCUT2D eigenvalue weighted by Crippen LogP contribution is 2.35. The minimum atomic E-state index is -4.89. The number of alkyl halides is 6. The van der Waals surface area contributed by atoms with Gasteiger partial charge in [-0.3, -0.25) is 14.2 Å². The molecule has 1 aliphatic heterocycles. The summed E-state index contributed by atoms with van der Waals surface area (Å²) in [6, 6.07) is 9.05. The molecule has 0 spiro atoms. The summed E-state index contributed by atoms with van der Waals surface area (Å²) in [7, 11) is 0. The Morgan fingerprint density at radius 2 is 1.78 bits per heavy atom. The number of benzene rings is 2. The highest BCUT2D eigenvalue weighted by molar-refractivity contribution is 8.00. The molecular weight excluding hydrogens is 532 g/mol. The molecule has 1 aliphatic rings. The molecule has 4 rings (SSSR count). The number of para-hydroxylation sites is 1. The van der Waals surface area contributed by atoms with Gasteiger partial charge in [-0.15, -0.1) is 24.9 Å². The Hall–Kier alpha value is -3.13. The second-order valence-corrected chi connectivity index (χ2v) is 9.38. The number of rotatable bonds is 6. The van der Waals surface area contributed by atoms with E-state index in [-0.39, 0.29) is 16.6 Å². The summed E-state index contributed by atoms with van der Waals surface area (Å²) in [4.78, 5) is 30.4. The highest BCUT2D eigenvalue weighted by Gasteiger charge is 2.34. The fourth-order valence-corrected chi connectivity index (χ4v) is 5.22. The molecule has 0 saturated carbocycles. The van der Waals surface area contributed by atoms with E-state index in [4.69, 9.17) is 0 Å². The Kier molecular flexibility index (Phi) is 7.27. The number of anilines is 1. The van der Waals surface area contributed by atoms with Crippen molar-refractivity contribution < 1.29 is 35.9 Å². The molecule has 3 aromatic rings. The Morgan fingerprint density at radius 3 is 2.44 bits per heavy atom. The van der Waals surface area contributed by atoms with Crippen molar-refractivity contribution in [3.63, 3.8) is 0 Å². The number of ether oxygens (including phenoxy) is 1. The average Bonchev–Trinajstić information content (AvgIpc) is 3.26. The summed E-state index contributed by atoms with van der Waals surface area (Å²) in [5.41, 5.74) is -1.18. The van der Waals surface area contributed by atoms with E-state index in [0.717, 1.165) is 40.6 Å². The van der Waals surface area contributed by atoms with Crippen LogP contribution in [0.5, 0.6) is 5.75 Å². The van der Waals surface area contributed by atoms with E-state index >= 15 is 0 Å². The van der Waals surface area contributed by atoms with Gasteiger partial charge in [-0.25, -0.2) is 4.98 Å². The number of aromatic nitrogens is 2. The Bertz CT molecular complexity index is 1340. The maximum Gasteiger partial charge on any atom is 0.573 e. The molecule has 0 aliphatic carbocycles. The zero-order chi connectivity index (χ0) is 26.1. The van der Waals surface area contributed by atoms with Gasteiger partial charge in [0.2, 0.25) is 5.91 Å². The number of aryl methyl sites for hydroxylation is 1. The van der Waals surface area contributed by atoms with E-state index < -0.39 is 41.0 Å². The molecule has 0 unspecified atom stereocenters. The number of fused-ring (bicyclic) bond motifs is 1. The van der Waals surface area contributed by atoms with Gasteiger partial charge in [0.1, 0.15) is 5.75 Å². The first-order valence-electron chi connectivity index (χ1n) is 10.2. The van der Waals surface area contributed by atoms with E-state index in [1.807, 2.05) is 0 Å². The smallest absolute Gasteiger partial charge is 0.406 e. The first kappa shape index (κ1) is 25.9. The number of amides is 1. The minimum Gasteiger partial charge on any atom is -0.406 e. The van der Waals surface area contributed by atoms with Gasteiger partial charge in [0.15, 0.2) is 5.16 Å². The maximum atomic E-state index is 13.2. The van der Waals surface area contributed by atoms with Crippen LogP contribution in [0.2, 0.25) is 0 Å². The van der Waals surface area contributed by atoms with Crippen LogP contribution < -0.4 is 15.6 Å². The Balaban J connectivity index is 1.59. The lowest BCUT2D eigenvalue weighted by molar-refractivity contribution is -0.274. The molecule has 14 heteroatoms. The topological polar surface area (TPSA) is 73.2 Å². The lowest BCUT2D eigenvalue weighted by atomic mass is 10.1. The van der Waals surface area contributed by atoms with Crippen LogP contribution >= 0.6 is 23.5 Å². The Morgan fingerprint density at radius 1 is 1.08 bits per heavy atom. The number of nitrogens with one attached hydrogen (secondary N) is 1. The molecule has 2 heterocycles. The van der Waals surface area contributed by atoms with Crippen LogP contribution in [0.25, 0.3) is 5.69 Å². The van der Waals surface area contributed by atoms with Gasteiger partial charge >= 0.3 is 12.5 Å². The monoisotopic (exact) mass is 547 g/mol. The summed E-state index contributed by atoms with van der Waals surface area (Å²) >= 11 is 2.10. The van der Waals surface area contributed by atoms with E-state index in [2.05, 4.69) is 15.0 Å². The summed E-state index contributed by atoms with van der Waals surface area (Å²) in [5, 5.41) is 2.29. The Labute approximate surface area is 208 Å². The van der Waals surface area contributed by atoms with E-state index in [9.17, 15) is 35.9 Å². The largest absolute Gasteiger partial charge is 0.573 e. The van der Waals surface area contributed by atoms with Crippen molar-refractivity contribution in [2.75, 3.05) is 16.8 Å². The normalized spacial score (nSPS) is 13.4. The van der Waals surface area contributed by atoms with Crippen LogP contribution in [-0.2, 0) is 17.4 Å². The number of nitrogens with zero attached hydrogens (tertiary/aromatic N) is 2. The summed E-state index contributed by atoms with van der Waals surface area (Å²) in [6.07, 6.45) is -9.05. The van der Waals surface area contributed by atoms with Crippen molar-refractivity contribution in [1.82, 2.24) is 9.55 Å². The van der Waals surface area contributed by atoms with Crippen molar-refractivity contribution in [1.29, 1.82) is 0 Å². The summed E-state index contributed by atoms with van der Waals surface area (Å²) in [5.74, 6) is -1.01. The molecule has 1 amide bonds. The van der Waals surface area contributed by atoms with Gasteiger partial charge < -0.3 is 10.1 Å². The van der Waals surface area contributed by atoms with Crippen molar-refractivity contribution in [3.8, 4) is 11.4 Å². The summed E-state index contributed by atoms with van der Waals surface area (Å²) in [6.45, 7) is 0. The molecule has 1 aromatic heterocycles. The first-order valence-corrected chi connectivity index (χ1v) is 12.1. The van der Waals surface area contributed by atoms with Crippen molar-refractivity contribution in [2.24, 2.45) is 0 Å². The SMILES string of the molecule is O=C(CSc1nc2c(c(=O)n1-c1ccc(OC(F)(F)F)cc1)SCC2)Nc1ccccc1C(F)(F)F. The molecule has 6 nitrogen and oxygen atoms in total. The van der Waals surface area contributed by atoms with Gasteiger partial charge in [-0.1, -0.05) is 23.9 Å². The van der Waals surface area contributed by atoms with Crippen LogP contribution in [0.1, 0.15) is 11.3 Å². The molecule has 1 N–H and O–H groups in total. The third-order valence-electron chi connectivity index (χ3n) is 4.83. The average molecular weight is 548 g/mol. The molecule has 2 aromatic carbocycles. The van der Waals surface area contributed by atoms with Gasteiger partial charge in [0, 0.05) is 12.2 Å². The van der Waals surface area contributed by atoms with Crippen LogP contribution in [-0.4, -0.2) is 33.3 Å². The van der Waals surface area contributed by atoms with Crippen molar-refractivity contribution >= 4 is 35.1 Å². The van der Waals surface area contributed by atoms with E-state index in [1.54, 1.807) is 0 Å². The first-order chi connectivity index (χ1) is 16.9. The fourth-order valence-electron chi connectivity index (χ4n) is 3.37. The van der Waals surface area contributed by atoms with E-state index in [0.29, 0.717) is 22.8 Å². The fraction of sp³-hybridized carbons (Fsp3) is 0.227. The molecule has 36 heavy (non-hydrogen) atoms. The lowest BCUT2D eigenvalue weighted by Gasteiger charge is -2.15. The third-order valence-corrected chi connectivity index (χ3v) is 6.88. The molecule has 0 fully saturated rings. The predicted octanol–water partition coefficient (Wildman–Crippen LogP) is 5.53. The number of carbonyl (C=O) groups is 1. The molecule has 0 saturated heterocycles. The maximum absolute atomic E-state index is 13.2. The number of carbonyl (C=O) groups excluding carboxylic acids is 1. The van der Waals surface area contributed by atoms with Crippen molar-refractivity contribution in [2.45, 2.75) is 29.0 Å².